The minimum absolute atomic E-state index is 0.0549. The Bertz CT molecular complexity index is 1750. The standard InChI is InChI=1S/C35H38Cl2N2O6S/c1-22-31(44-2)18-27(19-32(22)45-3)34(41)28(17-24-15-25-7-4-5-8-26(25)16-24)21-39-14-13-23(20-39)11-12-33(40)38-46(42,43)35-29(36)9-6-10-30(35)37/h4-10,13-14,18-20,24,28,34,41H,11-12,15-17,21H2,1-3H3,(H,38,40)/t28-,34+/m0/s1. The van der Waals surface area contributed by atoms with Crippen LogP contribution < -0.4 is 14.2 Å². The average molecular weight is 686 g/mol. The lowest BCUT2D eigenvalue weighted by Gasteiger charge is -2.27. The van der Waals surface area contributed by atoms with Gasteiger partial charge in [0.2, 0.25) is 5.91 Å². The van der Waals surface area contributed by atoms with Crippen molar-refractivity contribution in [1.82, 2.24) is 9.29 Å². The van der Waals surface area contributed by atoms with E-state index in [4.69, 9.17) is 32.7 Å². The van der Waals surface area contributed by atoms with E-state index in [1.807, 2.05) is 42.1 Å². The zero-order valence-corrected chi connectivity index (χ0v) is 28.3. The van der Waals surface area contributed by atoms with Crippen LogP contribution in [0, 0.1) is 18.8 Å². The van der Waals surface area contributed by atoms with Gasteiger partial charge in [-0.1, -0.05) is 53.5 Å². The third-order valence-corrected chi connectivity index (χ3v) is 11.0. The van der Waals surface area contributed by atoms with Gasteiger partial charge in [0.25, 0.3) is 10.0 Å². The van der Waals surface area contributed by atoms with Crippen LogP contribution in [0.2, 0.25) is 10.0 Å². The molecule has 1 aliphatic carbocycles. The number of methoxy groups -OCH3 is 2. The normalized spacial score (nSPS) is 14.5. The van der Waals surface area contributed by atoms with E-state index in [-0.39, 0.29) is 27.3 Å². The van der Waals surface area contributed by atoms with Crippen LogP contribution in [0.3, 0.4) is 0 Å². The number of aliphatic hydroxyl groups is 1. The van der Waals surface area contributed by atoms with Crippen LogP contribution in [0.4, 0.5) is 0 Å². The smallest absolute Gasteiger partial charge is 0.267 e. The van der Waals surface area contributed by atoms with Gasteiger partial charge in [-0.25, -0.2) is 13.1 Å². The van der Waals surface area contributed by atoms with Gasteiger partial charge in [-0.2, -0.15) is 0 Å². The first-order valence-corrected chi connectivity index (χ1v) is 17.3. The number of fused-ring (bicyclic) bond motifs is 1. The van der Waals surface area contributed by atoms with E-state index in [1.54, 1.807) is 14.2 Å². The first kappa shape index (κ1) is 33.9. The Morgan fingerprint density at radius 3 is 2.20 bits per heavy atom. The monoisotopic (exact) mass is 684 g/mol. The molecule has 0 radical (unpaired) electrons. The van der Waals surface area contributed by atoms with Crippen molar-refractivity contribution in [2.45, 2.75) is 56.6 Å². The van der Waals surface area contributed by atoms with Crippen LogP contribution in [-0.2, 0) is 40.6 Å². The third-order valence-electron chi connectivity index (χ3n) is 8.67. The summed E-state index contributed by atoms with van der Waals surface area (Å²) in [6.07, 6.45) is 6.07. The summed E-state index contributed by atoms with van der Waals surface area (Å²) in [7, 11) is -1.02. The molecule has 0 aliphatic heterocycles. The molecular weight excluding hydrogens is 647 g/mol. The Hall–Kier alpha value is -3.50. The van der Waals surface area contributed by atoms with Gasteiger partial charge >= 0.3 is 0 Å². The number of sulfonamides is 1. The van der Waals surface area contributed by atoms with E-state index < -0.39 is 22.0 Å². The molecule has 1 heterocycles. The molecule has 1 amide bonds. The van der Waals surface area contributed by atoms with Crippen molar-refractivity contribution in [1.29, 1.82) is 0 Å². The zero-order chi connectivity index (χ0) is 33.0. The lowest BCUT2D eigenvalue weighted by molar-refractivity contribution is -0.119. The number of nitrogens with one attached hydrogen (secondary N) is 1. The molecule has 0 saturated heterocycles. The lowest BCUT2D eigenvalue weighted by Crippen LogP contribution is -2.31. The molecule has 46 heavy (non-hydrogen) atoms. The Labute approximate surface area is 280 Å². The molecule has 2 atom stereocenters. The van der Waals surface area contributed by atoms with E-state index in [0.29, 0.717) is 30.4 Å². The van der Waals surface area contributed by atoms with E-state index in [9.17, 15) is 18.3 Å². The number of carbonyl (C=O) groups is 1. The number of nitrogens with zero attached hydrogens (tertiary/aromatic N) is 1. The second-order valence-corrected chi connectivity index (χ2v) is 14.3. The third kappa shape index (κ3) is 7.72. The number of aryl methyl sites for hydroxylation is 1. The average Bonchev–Trinajstić information content (AvgIpc) is 3.65. The number of ether oxygens (including phenoxy) is 2. The molecule has 0 spiro atoms. The number of carbonyl (C=O) groups excluding carboxylic acids is 1. The van der Waals surface area contributed by atoms with Gasteiger partial charge < -0.3 is 19.1 Å². The van der Waals surface area contributed by atoms with E-state index >= 15 is 0 Å². The fraction of sp³-hybridized carbons (Fsp3) is 0.343. The minimum Gasteiger partial charge on any atom is -0.496 e. The highest BCUT2D eigenvalue weighted by Gasteiger charge is 2.30. The molecule has 0 fully saturated rings. The van der Waals surface area contributed by atoms with Crippen molar-refractivity contribution in [2.24, 2.45) is 11.8 Å². The summed E-state index contributed by atoms with van der Waals surface area (Å²) >= 11 is 12.1. The molecule has 0 unspecified atom stereocenters. The van der Waals surface area contributed by atoms with Crippen LogP contribution >= 0.6 is 23.2 Å². The number of aromatic nitrogens is 1. The number of hydrogen-bond donors (Lipinski definition) is 2. The van der Waals surface area contributed by atoms with Gasteiger partial charge in [-0.15, -0.1) is 0 Å². The molecule has 1 aromatic heterocycles. The first-order chi connectivity index (χ1) is 22.0. The summed E-state index contributed by atoms with van der Waals surface area (Å²) in [5.74, 6) is 0.894. The van der Waals surface area contributed by atoms with Crippen LogP contribution in [-0.4, -0.2) is 38.2 Å². The number of rotatable bonds is 13. The summed E-state index contributed by atoms with van der Waals surface area (Å²) in [6.45, 7) is 2.46. The van der Waals surface area contributed by atoms with Crippen LogP contribution in [0.25, 0.3) is 0 Å². The summed E-state index contributed by atoms with van der Waals surface area (Å²) in [6, 6.07) is 18.5. The van der Waals surface area contributed by atoms with E-state index in [1.165, 1.54) is 29.3 Å². The van der Waals surface area contributed by atoms with Gasteiger partial charge in [0.1, 0.15) is 16.4 Å². The summed E-state index contributed by atoms with van der Waals surface area (Å²) in [5, 5.41) is 11.7. The molecule has 3 aromatic carbocycles. The van der Waals surface area contributed by atoms with Gasteiger partial charge in [0.05, 0.1) is 30.4 Å². The molecule has 0 saturated carbocycles. The second-order valence-electron chi connectivity index (χ2n) is 11.8. The molecule has 2 N–H and O–H groups in total. The Morgan fingerprint density at radius 1 is 1.00 bits per heavy atom. The fourth-order valence-electron chi connectivity index (χ4n) is 6.37. The maximum atomic E-state index is 12.8. The molecule has 0 bridgehead atoms. The molecule has 5 rings (SSSR count). The Balaban J connectivity index is 1.29. The van der Waals surface area contributed by atoms with Crippen molar-refractivity contribution in [3.05, 3.63) is 111 Å². The molecule has 1 aliphatic rings. The summed E-state index contributed by atoms with van der Waals surface area (Å²) in [4.78, 5) is 12.3. The number of hydrogen-bond acceptors (Lipinski definition) is 6. The van der Waals surface area contributed by atoms with Crippen molar-refractivity contribution >= 4 is 39.1 Å². The molecule has 4 aromatic rings. The van der Waals surface area contributed by atoms with Crippen LogP contribution in [0.15, 0.2) is 78.0 Å². The molecule has 8 nitrogen and oxygen atoms in total. The zero-order valence-electron chi connectivity index (χ0n) is 26.0. The van der Waals surface area contributed by atoms with Crippen LogP contribution in [0.5, 0.6) is 11.5 Å². The van der Waals surface area contributed by atoms with Crippen molar-refractivity contribution in [3.63, 3.8) is 0 Å². The second kappa shape index (κ2) is 14.5. The van der Waals surface area contributed by atoms with Gasteiger partial charge in [0.15, 0.2) is 0 Å². The highest BCUT2D eigenvalue weighted by atomic mass is 35.5. The first-order valence-electron chi connectivity index (χ1n) is 15.1. The van der Waals surface area contributed by atoms with Gasteiger partial charge in [-0.3, -0.25) is 4.79 Å². The summed E-state index contributed by atoms with van der Waals surface area (Å²) < 4.78 is 40.8. The quantitative estimate of drug-likeness (QED) is 0.162. The molecular formula is C35H38Cl2N2O6S. The largest absolute Gasteiger partial charge is 0.496 e. The van der Waals surface area contributed by atoms with Crippen molar-refractivity contribution in [3.8, 4) is 11.5 Å². The highest BCUT2D eigenvalue weighted by molar-refractivity contribution is 7.90. The number of benzene rings is 3. The number of amides is 1. The van der Waals surface area contributed by atoms with Crippen molar-refractivity contribution in [2.75, 3.05) is 14.2 Å². The topological polar surface area (TPSA) is 107 Å². The summed E-state index contributed by atoms with van der Waals surface area (Å²) in [5.41, 5.74) is 5.18. The SMILES string of the molecule is COc1cc([C@@H](O)[C@@H](CC2Cc3ccccc3C2)Cn2ccc(CCC(=O)NS(=O)(=O)c3c(Cl)cccc3Cl)c2)cc(OC)c1C. The van der Waals surface area contributed by atoms with Crippen molar-refractivity contribution < 1.29 is 27.8 Å². The van der Waals surface area contributed by atoms with E-state index in [0.717, 1.165) is 36.0 Å². The van der Waals surface area contributed by atoms with Gasteiger partial charge in [0, 0.05) is 36.8 Å². The Kier molecular flexibility index (Phi) is 10.7. The van der Waals surface area contributed by atoms with E-state index in [2.05, 4.69) is 29.0 Å². The number of halogens is 2. The Morgan fingerprint density at radius 2 is 1.61 bits per heavy atom. The van der Waals surface area contributed by atoms with Gasteiger partial charge in [-0.05, 0) is 91.1 Å². The minimum atomic E-state index is -4.23. The lowest BCUT2D eigenvalue weighted by atomic mass is 9.85. The predicted octanol–water partition coefficient (Wildman–Crippen LogP) is 6.71. The maximum absolute atomic E-state index is 12.8. The predicted molar refractivity (Wildman–Crippen MR) is 179 cm³/mol. The molecule has 11 heteroatoms. The molecule has 244 valence electrons. The number of aliphatic hydroxyl groups excluding tert-OH is 1. The maximum Gasteiger partial charge on any atom is 0.267 e. The highest BCUT2D eigenvalue weighted by Crippen LogP contribution is 2.39. The van der Waals surface area contributed by atoms with Crippen LogP contribution in [0.1, 0.15) is 46.8 Å². The fourth-order valence-corrected chi connectivity index (χ4v) is 8.53.